The van der Waals surface area contributed by atoms with Gasteiger partial charge in [-0.3, -0.25) is 10.2 Å². The predicted molar refractivity (Wildman–Crippen MR) is 132 cm³/mol. The summed E-state index contributed by atoms with van der Waals surface area (Å²) < 4.78 is 18.9. The van der Waals surface area contributed by atoms with Crippen molar-refractivity contribution in [1.29, 1.82) is 0 Å². The van der Waals surface area contributed by atoms with E-state index < -0.39 is 6.17 Å². The molecule has 9 nitrogen and oxygen atoms in total. The Balaban J connectivity index is 1.33. The minimum Gasteiger partial charge on any atom is -0.481 e. The average molecular weight is 476 g/mol. The van der Waals surface area contributed by atoms with Gasteiger partial charge in [-0.1, -0.05) is 12.1 Å². The van der Waals surface area contributed by atoms with Crippen molar-refractivity contribution in [2.75, 3.05) is 53.3 Å². The number of halogens is 1. The number of hydrogen-bond acceptors (Lipinski definition) is 7. The molecule has 0 unspecified atom stereocenters. The topological polar surface area (TPSA) is 86.7 Å². The first-order valence-electron chi connectivity index (χ1n) is 11.8. The van der Waals surface area contributed by atoms with E-state index in [-0.39, 0.29) is 12.1 Å². The zero-order chi connectivity index (χ0) is 23.9. The summed E-state index contributed by atoms with van der Waals surface area (Å²) in [6.07, 6.45) is 1.99. The Hall–Kier alpha value is -3.95. The van der Waals surface area contributed by atoms with E-state index in [0.717, 1.165) is 42.1 Å². The zero-order valence-electron chi connectivity index (χ0n) is 19.4. The Kier molecular flexibility index (Phi) is 5.35. The fourth-order valence-electron chi connectivity index (χ4n) is 5.14. The molecule has 1 N–H and O–H groups in total. The monoisotopic (exact) mass is 475 g/mol. The maximum atomic E-state index is 13.8. The lowest BCUT2D eigenvalue weighted by Gasteiger charge is -2.35. The Labute approximate surface area is 202 Å². The molecule has 3 aromatic rings. The molecule has 35 heavy (non-hydrogen) atoms. The molecule has 2 saturated heterocycles. The van der Waals surface area contributed by atoms with Crippen LogP contribution in [0.3, 0.4) is 0 Å². The molecule has 0 spiro atoms. The van der Waals surface area contributed by atoms with Crippen molar-refractivity contribution in [2.45, 2.75) is 25.1 Å². The van der Waals surface area contributed by atoms with Gasteiger partial charge in [0.1, 0.15) is 18.3 Å². The van der Waals surface area contributed by atoms with E-state index in [4.69, 9.17) is 9.72 Å². The normalized spacial score (nSPS) is 20.7. The van der Waals surface area contributed by atoms with Crippen molar-refractivity contribution in [1.82, 2.24) is 15.0 Å². The van der Waals surface area contributed by atoms with Gasteiger partial charge >= 0.3 is 6.03 Å². The Bertz CT molecular complexity index is 1270. The largest absolute Gasteiger partial charge is 0.481 e. The number of nitrogens with one attached hydrogen (secondary N) is 1. The summed E-state index contributed by atoms with van der Waals surface area (Å²) in [6, 6.07) is 13.4. The molecule has 2 atom stereocenters. The smallest absolute Gasteiger partial charge is 0.329 e. The number of fused-ring (bicyclic) bond motifs is 4. The van der Waals surface area contributed by atoms with Crippen LogP contribution in [-0.4, -0.2) is 66.5 Å². The predicted octanol–water partition coefficient (Wildman–Crippen LogP) is 3.73. The van der Waals surface area contributed by atoms with Crippen LogP contribution in [0.1, 0.15) is 12.8 Å². The first-order chi connectivity index (χ1) is 17.1. The average Bonchev–Trinajstić information content (AvgIpc) is 3.51. The van der Waals surface area contributed by atoms with Crippen molar-refractivity contribution in [3.63, 3.8) is 0 Å². The van der Waals surface area contributed by atoms with E-state index in [1.54, 1.807) is 11.0 Å². The molecule has 3 aliphatic heterocycles. The van der Waals surface area contributed by atoms with Crippen molar-refractivity contribution in [2.24, 2.45) is 0 Å². The second-order valence-corrected chi connectivity index (χ2v) is 9.06. The molecule has 0 radical (unpaired) electrons. The highest BCUT2D eigenvalue weighted by atomic mass is 19.1. The molecule has 0 saturated carbocycles. The molecule has 2 fully saturated rings. The van der Waals surface area contributed by atoms with E-state index in [0.29, 0.717) is 37.0 Å². The van der Waals surface area contributed by atoms with Crippen molar-refractivity contribution < 1.29 is 13.9 Å². The molecular formula is C25H26FN7O2. The van der Waals surface area contributed by atoms with Crippen molar-refractivity contribution in [3.05, 3.63) is 48.8 Å². The zero-order valence-corrected chi connectivity index (χ0v) is 19.4. The van der Waals surface area contributed by atoms with Gasteiger partial charge in [0.25, 0.3) is 0 Å². The molecule has 180 valence electrons. The molecule has 2 bridgehead atoms. The van der Waals surface area contributed by atoms with E-state index >= 15 is 0 Å². The van der Waals surface area contributed by atoms with Gasteiger partial charge in [-0.05, 0) is 37.1 Å². The van der Waals surface area contributed by atoms with E-state index in [1.165, 1.54) is 13.4 Å². The number of pyridine rings is 1. The van der Waals surface area contributed by atoms with Gasteiger partial charge in [0.05, 0.1) is 24.5 Å². The minimum absolute atomic E-state index is 0.0198. The van der Waals surface area contributed by atoms with Crippen molar-refractivity contribution >= 4 is 29.0 Å². The summed E-state index contributed by atoms with van der Waals surface area (Å²) in [6.45, 7) is 2.77. The van der Waals surface area contributed by atoms with Gasteiger partial charge in [-0.15, -0.1) is 0 Å². The SMILES string of the molecule is COc1cc(NC(=O)N2c3nc(-c4cccc(N5CC[C@H](F)C5)c4)ccc3N3CC[C@H]2C3)ncn1. The number of rotatable bonds is 4. The number of ether oxygens (including phenoxy) is 1. The van der Waals surface area contributed by atoms with Gasteiger partial charge in [0, 0.05) is 43.5 Å². The fourth-order valence-corrected chi connectivity index (χ4v) is 5.14. The molecule has 2 amide bonds. The van der Waals surface area contributed by atoms with Crippen LogP contribution in [0.25, 0.3) is 11.3 Å². The maximum absolute atomic E-state index is 13.8. The summed E-state index contributed by atoms with van der Waals surface area (Å²) in [5, 5.41) is 2.87. The second kappa shape index (κ2) is 8.68. The van der Waals surface area contributed by atoms with Gasteiger partial charge in [-0.25, -0.2) is 24.1 Å². The highest BCUT2D eigenvalue weighted by Gasteiger charge is 2.40. The van der Waals surface area contributed by atoms with Crippen LogP contribution in [0, 0.1) is 0 Å². The number of hydrogen-bond donors (Lipinski definition) is 1. The van der Waals surface area contributed by atoms with Crippen LogP contribution >= 0.6 is 0 Å². The van der Waals surface area contributed by atoms with Crippen LogP contribution in [0.15, 0.2) is 48.8 Å². The van der Waals surface area contributed by atoms with Crippen LogP contribution in [-0.2, 0) is 0 Å². The number of urea groups is 1. The lowest BCUT2D eigenvalue weighted by Crippen LogP contribution is -2.48. The molecule has 2 aromatic heterocycles. The number of carbonyl (C=O) groups excluding carboxylic acids is 1. The first-order valence-corrected chi connectivity index (χ1v) is 11.8. The maximum Gasteiger partial charge on any atom is 0.329 e. The molecule has 1 aromatic carbocycles. The summed E-state index contributed by atoms with van der Waals surface area (Å²) in [5.74, 6) is 1.37. The van der Waals surface area contributed by atoms with Gasteiger partial charge in [0.15, 0.2) is 5.82 Å². The first kappa shape index (κ1) is 21.6. The standard InChI is InChI=1S/C25H26FN7O2/c1-35-23-12-22(27-15-28-23)30-25(34)33-19-8-10-32(14-19)21-6-5-20(29-24(21)33)16-3-2-4-18(11-16)31-9-7-17(26)13-31/h2-6,11-12,15,17,19H,7-10,13-14H2,1H3,(H,27,28,30,34)/t17-,19-/m0/s1. The number of nitrogens with zero attached hydrogens (tertiary/aromatic N) is 6. The summed E-state index contributed by atoms with van der Waals surface area (Å²) in [4.78, 5) is 32.6. The molecular weight excluding hydrogens is 449 g/mol. The highest BCUT2D eigenvalue weighted by Crippen LogP contribution is 2.40. The van der Waals surface area contributed by atoms with Gasteiger partial charge in [-0.2, -0.15) is 0 Å². The number of anilines is 4. The molecule has 10 heteroatoms. The molecule has 0 aliphatic carbocycles. The third kappa shape index (κ3) is 3.98. The van der Waals surface area contributed by atoms with Crippen molar-refractivity contribution in [3.8, 4) is 17.1 Å². The Morgan fingerprint density at radius 2 is 1.97 bits per heavy atom. The summed E-state index contributed by atoms with van der Waals surface area (Å²) in [7, 11) is 1.52. The van der Waals surface area contributed by atoms with Gasteiger partial charge in [0.2, 0.25) is 5.88 Å². The second-order valence-electron chi connectivity index (χ2n) is 9.06. The van der Waals surface area contributed by atoms with E-state index in [2.05, 4.69) is 25.1 Å². The Morgan fingerprint density at radius 3 is 2.80 bits per heavy atom. The van der Waals surface area contributed by atoms with Gasteiger partial charge < -0.3 is 14.5 Å². The highest BCUT2D eigenvalue weighted by molar-refractivity contribution is 6.04. The number of methoxy groups -OCH3 is 1. The number of aromatic nitrogens is 3. The van der Waals surface area contributed by atoms with E-state index in [9.17, 15) is 9.18 Å². The number of alkyl halides is 1. The van der Waals surface area contributed by atoms with Crippen LogP contribution in [0.2, 0.25) is 0 Å². The van der Waals surface area contributed by atoms with Crippen LogP contribution in [0.4, 0.5) is 32.2 Å². The molecule has 5 heterocycles. The summed E-state index contributed by atoms with van der Waals surface area (Å²) in [5.41, 5.74) is 3.62. The Morgan fingerprint density at radius 1 is 1.09 bits per heavy atom. The lowest BCUT2D eigenvalue weighted by atomic mass is 10.1. The fraction of sp³-hybridized carbons (Fsp3) is 0.360. The molecule has 6 rings (SSSR count). The quantitative estimate of drug-likeness (QED) is 0.615. The third-order valence-corrected chi connectivity index (χ3v) is 6.89. The van der Waals surface area contributed by atoms with Crippen LogP contribution < -0.4 is 24.8 Å². The van der Waals surface area contributed by atoms with E-state index in [1.807, 2.05) is 36.4 Å². The number of carbonyl (C=O) groups is 1. The minimum atomic E-state index is -0.785. The third-order valence-electron chi connectivity index (χ3n) is 6.89. The number of amides is 2. The lowest BCUT2D eigenvalue weighted by molar-refractivity contribution is 0.254. The summed E-state index contributed by atoms with van der Waals surface area (Å²) >= 11 is 0. The number of benzene rings is 1. The van der Waals surface area contributed by atoms with Crippen LogP contribution in [0.5, 0.6) is 5.88 Å². The molecule has 3 aliphatic rings.